The van der Waals surface area contributed by atoms with Crippen LogP contribution in [0, 0.1) is 11.3 Å². The Labute approximate surface area is 79.8 Å². The number of nitrogens with one attached hydrogen (secondary N) is 1. The van der Waals surface area contributed by atoms with Crippen LogP contribution in [-0.2, 0) is 9.84 Å². The third-order valence-corrected chi connectivity index (χ3v) is 6.25. The second-order valence-corrected chi connectivity index (χ2v) is 6.89. The van der Waals surface area contributed by atoms with Crippen molar-refractivity contribution in [3.8, 4) is 0 Å². The molecular formula is C9H17NO2S. The van der Waals surface area contributed by atoms with E-state index in [1.54, 1.807) is 0 Å². The van der Waals surface area contributed by atoms with Crippen LogP contribution in [-0.4, -0.2) is 33.0 Å². The summed E-state index contributed by atoms with van der Waals surface area (Å²) in [5, 5.41) is 3.04. The van der Waals surface area contributed by atoms with Gasteiger partial charge in [0.15, 0.2) is 9.84 Å². The van der Waals surface area contributed by atoms with Gasteiger partial charge in [-0.1, -0.05) is 0 Å². The summed E-state index contributed by atoms with van der Waals surface area (Å²) in [6.45, 7) is 2.86. The summed E-state index contributed by atoms with van der Waals surface area (Å²) in [6, 6.07) is 0. The van der Waals surface area contributed by atoms with E-state index in [1.165, 1.54) is 0 Å². The quantitative estimate of drug-likeness (QED) is 0.707. The third-order valence-electron chi connectivity index (χ3n) is 3.93. The molecule has 2 fully saturated rings. The van der Waals surface area contributed by atoms with E-state index in [0.717, 1.165) is 19.4 Å². The van der Waals surface area contributed by atoms with Crippen LogP contribution < -0.4 is 5.32 Å². The van der Waals surface area contributed by atoms with Crippen LogP contribution >= 0.6 is 0 Å². The normalized spacial score (nSPS) is 46.9. The van der Waals surface area contributed by atoms with Crippen LogP contribution in [0.3, 0.4) is 0 Å². The molecule has 1 saturated heterocycles. The van der Waals surface area contributed by atoms with Gasteiger partial charge in [-0.05, 0) is 44.7 Å². The van der Waals surface area contributed by atoms with Gasteiger partial charge in [0.05, 0.1) is 11.0 Å². The zero-order valence-electron chi connectivity index (χ0n) is 8.21. The largest absolute Gasteiger partial charge is 0.319 e. The van der Waals surface area contributed by atoms with Crippen molar-refractivity contribution in [1.82, 2.24) is 5.32 Å². The van der Waals surface area contributed by atoms with Crippen LogP contribution in [0.25, 0.3) is 0 Å². The molecule has 76 valence electrons. The number of sulfone groups is 1. The summed E-state index contributed by atoms with van der Waals surface area (Å²) < 4.78 is 23.1. The molecule has 0 aromatic rings. The van der Waals surface area contributed by atoms with E-state index >= 15 is 0 Å². The first kappa shape index (κ1) is 9.46. The molecule has 2 aliphatic rings. The monoisotopic (exact) mass is 203 g/mol. The molecule has 3 unspecified atom stereocenters. The van der Waals surface area contributed by atoms with Crippen molar-refractivity contribution in [2.75, 3.05) is 19.3 Å². The van der Waals surface area contributed by atoms with Crippen molar-refractivity contribution in [3.05, 3.63) is 0 Å². The molecule has 0 aromatic heterocycles. The molecule has 13 heavy (non-hydrogen) atoms. The molecule has 1 saturated carbocycles. The number of hydrogen-bond acceptors (Lipinski definition) is 3. The Morgan fingerprint density at radius 2 is 2.23 bits per heavy atom. The summed E-state index contributed by atoms with van der Waals surface area (Å²) in [4.78, 5) is 0. The molecule has 0 amide bonds. The van der Waals surface area contributed by atoms with Crippen molar-refractivity contribution >= 4 is 9.84 Å². The van der Waals surface area contributed by atoms with E-state index in [-0.39, 0.29) is 10.7 Å². The number of rotatable bonds is 2. The van der Waals surface area contributed by atoms with Crippen LogP contribution in [0.2, 0.25) is 0 Å². The molecule has 2 rings (SSSR count). The Morgan fingerprint density at radius 1 is 1.54 bits per heavy atom. The van der Waals surface area contributed by atoms with E-state index in [0.29, 0.717) is 11.7 Å². The molecule has 3 nitrogen and oxygen atoms in total. The van der Waals surface area contributed by atoms with Gasteiger partial charge < -0.3 is 5.32 Å². The van der Waals surface area contributed by atoms with Crippen molar-refractivity contribution < 1.29 is 8.42 Å². The van der Waals surface area contributed by atoms with Gasteiger partial charge in [-0.2, -0.15) is 0 Å². The Balaban J connectivity index is 2.13. The van der Waals surface area contributed by atoms with Gasteiger partial charge >= 0.3 is 0 Å². The van der Waals surface area contributed by atoms with Crippen molar-refractivity contribution in [2.24, 2.45) is 11.3 Å². The molecule has 1 spiro atoms. The molecule has 1 aliphatic heterocycles. The van der Waals surface area contributed by atoms with E-state index < -0.39 is 9.84 Å². The van der Waals surface area contributed by atoms with E-state index in [2.05, 4.69) is 5.32 Å². The molecule has 0 radical (unpaired) electrons. The summed E-state index contributed by atoms with van der Waals surface area (Å²) in [5.41, 5.74) is 0.155. The highest BCUT2D eigenvalue weighted by Gasteiger charge is 2.63. The Kier molecular flexibility index (Phi) is 1.97. The standard InChI is InChI=1S/C9H17NO2S/c1-7-9(3-4-13(7,11)12)5-8(9)6-10-2/h7-8,10H,3-6H2,1-2H3. The molecule has 1 aliphatic carbocycles. The molecule has 0 aromatic carbocycles. The van der Waals surface area contributed by atoms with Gasteiger partial charge in [0.1, 0.15) is 0 Å². The highest BCUT2D eigenvalue weighted by Crippen LogP contribution is 2.62. The smallest absolute Gasteiger partial charge is 0.153 e. The minimum atomic E-state index is -2.75. The summed E-state index contributed by atoms with van der Waals surface area (Å²) in [6.07, 6.45) is 2.00. The second kappa shape index (κ2) is 2.70. The first-order valence-corrected chi connectivity index (χ1v) is 6.60. The van der Waals surface area contributed by atoms with Gasteiger partial charge in [0, 0.05) is 0 Å². The van der Waals surface area contributed by atoms with E-state index in [9.17, 15) is 8.42 Å². The first-order chi connectivity index (χ1) is 6.03. The van der Waals surface area contributed by atoms with Crippen molar-refractivity contribution in [2.45, 2.75) is 25.0 Å². The van der Waals surface area contributed by atoms with Crippen molar-refractivity contribution in [3.63, 3.8) is 0 Å². The highest BCUT2D eigenvalue weighted by atomic mass is 32.2. The number of hydrogen-bond donors (Lipinski definition) is 1. The molecule has 3 atom stereocenters. The summed E-state index contributed by atoms with van der Waals surface area (Å²) in [5.74, 6) is 1.01. The SMILES string of the molecule is CNCC1CC12CCS(=O)(=O)C2C. The Hall–Kier alpha value is -0.0900. The summed E-state index contributed by atoms with van der Waals surface area (Å²) >= 11 is 0. The van der Waals surface area contributed by atoms with Crippen LogP contribution in [0.15, 0.2) is 0 Å². The Bertz CT molecular complexity index is 312. The second-order valence-electron chi connectivity index (χ2n) is 4.45. The minimum Gasteiger partial charge on any atom is -0.319 e. The lowest BCUT2D eigenvalue weighted by molar-refractivity contribution is 0.443. The maximum atomic E-state index is 11.5. The molecule has 1 N–H and O–H groups in total. The predicted octanol–water partition coefficient (Wildman–Crippen LogP) is 0.419. The lowest BCUT2D eigenvalue weighted by atomic mass is 9.97. The topological polar surface area (TPSA) is 46.2 Å². The zero-order valence-corrected chi connectivity index (χ0v) is 9.02. The molecular weight excluding hydrogens is 186 g/mol. The fraction of sp³-hybridized carbons (Fsp3) is 1.00. The third kappa shape index (κ3) is 1.22. The van der Waals surface area contributed by atoms with E-state index in [4.69, 9.17) is 0 Å². The predicted molar refractivity (Wildman–Crippen MR) is 52.3 cm³/mol. The van der Waals surface area contributed by atoms with Gasteiger partial charge in [0.25, 0.3) is 0 Å². The van der Waals surface area contributed by atoms with Gasteiger partial charge in [0.2, 0.25) is 0 Å². The average Bonchev–Trinajstić information content (AvgIpc) is 2.71. The molecule has 0 bridgehead atoms. The molecule has 4 heteroatoms. The molecule has 1 heterocycles. The lowest BCUT2D eigenvalue weighted by Crippen LogP contribution is -2.23. The lowest BCUT2D eigenvalue weighted by Gasteiger charge is -2.13. The first-order valence-electron chi connectivity index (χ1n) is 4.89. The Morgan fingerprint density at radius 3 is 2.69 bits per heavy atom. The van der Waals surface area contributed by atoms with Crippen LogP contribution in [0.4, 0.5) is 0 Å². The average molecular weight is 203 g/mol. The van der Waals surface area contributed by atoms with Crippen LogP contribution in [0.1, 0.15) is 19.8 Å². The maximum Gasteiger partial charge on any atom is 0.153 e. The van der Waals surface area contributed by atoms with Gasteiger partial charge in [-0.3, -0.25) is 0 Å². The fourth-order valence-corrected chi connectivity index (χ4v) is 4.94. The minimum absolute atomic E-state index is 0.0988. The highest BCUT2D eigenvalue weighted by molar-refractivity contribution is 7.92. The maximum absolute atomic E-state index is 11.5. The van der Waals surface area contributed by atoms with Gasteiger partial charge in [-0.25, -0.2) is 8.42 Å². The van der Waals surface area contributed by atoms with Crippen LogP contribution in [0.5, 0.6) is 0 Å². The van der Waals surface area contributed by atoms with Crippen molar-refractivity contribution in [1.29, 1.82) is 0 Å². The van der Waals surface area contributed by atoms with E-state index in [1.807, 2.05) is 14.0 Å². The fourth-order valence-electron chi connectivity index (χ4n) is 2.80. The zero-order chi connectivity index (χ0) is 9.69. The van der Waals surface area contributed by atoms with Gasteiger partial charge in [-0.15, -0.1) is 0 Å². The summed E-state index contributed by atoms with van der Waals surface area (Å²) in [7, 11) is -0.818.